The molecule has 1 aromatic rings. The second-order valence-electron chi connectivity index (χ2n) is 4.59. The molecule has 0 radical (unpaired) electrons. The van der Waals surface area contributed by atoms with E-state index in [1.807, 2.05) is 31.2 Å². The molecule has 1 N–H and O–H groups in total. The standard InChI is InChI=1S/C14H19NO3/c1-2-18-10-12-5-3-11(4-6-12)8-15-9-13(16)7-14(15)17/h3-6,13,16H,2,7-10H2,1H3. The number of hydrogen-bond donors (Lipinski definition) is 1. The molecule has 0 bridgehead atoms. The normalized spacial score (nSPS) is 19.6. The summed E-state index contributed by atoms with van der Waals surface area (Å²) in [6.07, 6.45) is -0.252. The summed E-state index contributed by atoms with van der Waals surface area (Å²) in [5.74, 6) is 0.0286. The van der Waals surface area contributed by atoms with E-state index in [1.165, 1.54) is 0 Å². The number of carbonyl (C=O) groups excluding carboxylic acids is 1. The van der Waals surface area contributed by atoms with Crippen LogP contribution in [-0.2, 0) is 22.7 Å². The van der Waals surface area contributed by atoms with Crippen molar-refractivity contribution in [1.29, 1.82) is 0 Å². The molecule has 98 valence electrons. The molecule has 0 saturated carbocycles. The molecule has 0 aromatic heterocycles. The van der Waals surface area contributed by atoms with E-state index in [1.54, 1.807) is 4.90 Å². The summed E-state index contributed by atoms with van der Waals surface area (Å²) in [6, 6.07) is 8.04. The first-order valence-corrected chi connectivity index (χ1v) is 6.30. The number of β-amino-alcohol motifs (C(OH)–C–C–N with tert-alkyl or cyclic N) is 1. The highest BCUT2D eigenvalue weighted by atomic mass is 16.5. The summed E-state index contributed by atoms with van der Waals surface area (Å²) < 4.78 is 5.33. The second-order valence-corrected chi connectivity index (χ2v) is 4.59. The van der Waals surface area contributed by atoms with Gasteiger partial charge in [0.05, 0.1) is 19.1 Å². The molecule has 1 unspecified atom stereocenters. The van der Waals surface area contributed by atoms with Crippen LogP contribution in [0.25, 0.3) is 0 Å². The number of aliphatic hydroxyl groups is 1. The second kappa shape index (κ2) is 5.98. The van der Waals surface area contributed by atoms with Crippen molar-refractivity contribution in [1.82, 2.24) is 4.90 Å². The molecule has 18 heavy (non-hydrogen) atoms. The van der Waals surface area contributed by atoms with Crippen molar-refractivity contribution in [3.05, 3.63) is 35.4 Å². The van der Waals surface area contributed by atoms with E-state index in [9.17, 15) is 9.90 Å². The van der Waals surface area contributed by atoms with Gasteiger partial charge in [0.15, 0.2) is 0 Å². The Labute approximate surface area is 107 Å². The summed E-state index contributed by atoms with van der Waals surface area (Å²) in [5, 5.41) is 9.41. The SMILES string of the molecule is CCOCc1ccc(CN2CC(O)CC2=O)cc1. The number of hydrogen-bond acceptors (Lipinski definition) is 3. The lowest BCUT2D eigenvalue weighted by molar-refractivity contribution is -0.128. The van der Waals surface area contributed by atoms with Crippen molar-refractivity contribution in [3.8, 4) is 0 Å². The fraction of sp³-hybridized carbons (Fsp3) is 0.500. The van der Waals surface area contributed by atoms with Crippen LogP contribution in [0.2, 0.25) is 0 Å². The fourth-order valence-corrected chi connectivity index (χ4v) is 2.09. The molecule has 1 atom stereocenters. The maximum Gasteiger partial charge on any atom is 0.225 e. The Morgan fingerprint density at radius 2 is 2.00 bits per heavy atom. The third-order valence-electron chi connectivity index (χ3n) is 3.06. The minimum atomic E-state index is -0.505. The van der Waals surface area contributed by atoms with Crippen LogP contribution in [0, 0.1) is 0 Å². The zero-order valence-electron chi connectivity index (χ0n) is 10.6. The molecule has 2 rings (SSSR count). The highest BCUT2D eigenvalue weighted by Gasteiger charge is 2.27. The lowest BCUT2D eigenvalue weighted by atomic mass is 10.1. The number of aliphatic hydroxyl groups excluding tert-OH is 1. The molecule has 0 aliphatic carbocycles. The van der Waals surface area contributed by atoms with E-state index in [4.69, 9.17) is 4.74 Å². The summed E-state index contributed by atoms with van der Waals surface area (Å²) in [5.41, 5.74) is 2.21. The summed E-state index contributed by atoms with van der Waals surface area (Å²) in [7, 11) is 0. The third-order valence-corrected chi connectivity index (χ3v) is 3.06. The first-order chi connectivity index (χ1) is 8.69. The number of amides is 1. The summed E-state index contributed by atoms with van der Waals surface area (Å²) in [6.45, 7) is 4.32. The molecular formula is C14H19NO3. The molecule has 1 aliphatic heterocycles. The number of benzene rings is 1. The Morgan fingerprint density at radius 3 is 2.56 bits per heavy atom. The van der Waals surface area contributed by atoms with Crippen molar-refractivity contribution >= 4 is 5.91 Å². The molecule has 1 fully saturated rings. The van der Waals surface area contributed by atoms with Crippen LogP contribution >= 0.6 is 0 Å². The van der Waals surface area contributed by atoms with Crippen LogP contribution in [0.15, 0.2) is 24.3 Å². The van der Waals surface area contributed by atoms with Gasteiger partial charge < -0.3 is 14.7 Å². The van der Waals surface area contributed by atoms with Gasteiger partial charge in [0.2, 0.25) is 5.91 Å². The summed E-state index contributed by atoms with van der Waals surface area (Å²) >= 11 is 0. The van der Waals surface area contributed by atoms with Crippen molar-refractivity contribution in [2.45, 2.75) is 32.6 Å². The van der Waals surface area contributed by atoms with Crippen LogP contribution < -0.4 is 0 Å². The van der Waals surface area contributed by atoms with Gasteiger partial charge in [-0.25, -0.2) is 0 Å². The molecule has 1 aliphatic rings. The third kappa shape index (κ3) is 3.31. The van der Waals surface area contributed by atoms with Gasteiger partial charge in [0.25, 0.3) is 0 Å². The van der Waals surface area contributed by atoms with Crippen LogP contribution in [-0.4, -0.2) is 35.2 Å². The quantitative estimate of drug-likeness (QED) is 0.856. The molecule has 0 spiro atoms. The van der Waals surface area contributed by atoms with E-state index in [2.05, 4.69) is 0 Å². The van der Waals surface area contributed by atoms with Crippen molar-refractivity contribution in [2.75, 3.05) is 13.2 Å². The minimum absolute atomic E-state index is 0.0286. The molecule has 1 heterocycles. The number of rotatable bonds is 5. The first kappa shape index (κ1) is 13.1. The van der Waals surface area contributed by atoms with E-state index < -0.39 is 6.10 Å². The number of ether oxygens (including phenoxy) is 1. The molecule has 1 saturated heterocycles. The molecule has 1 amide bonds. The number of nitrogens with zero attached hydrogens (tertiary/aromatic N) is 1. The van der Waals surface area contributed by atoms with Gasteiger partial charge in [-0.15, -0.1) is 0 Å². The zero-order valence-corrected chi connectivity index (χ0v) is 10.6. The topological polar surface area (TPSA) is 49.8 Å². The predicted molar refractivity (Wildman–Crippen MR) is 67.8 cm³/mol. The van der Waals surface area contributed by atoms with Crippen LogP contribution in [0.1, 0.15) is 24.5 Å². The minimum Gasteiger partial charge on any atom is -0.391 e. The van der Waals surface area contributed by atoms with Gasteiger partial charge in [-0.1, -0.05) is 24.3 Å². The molecule has 4 nitrogen and oxygen atoms in total. The predicted octanol–water partition coefficient (Wildman–Crippen LogP) is 1.32. The van der Waals surface area contributed by atoms with E-state index in [0.717, 1.165) is 11.1 Å². The van der Waals surface area contributed by atoms with Gasteiger partial charge >= 0.3 is 0 Å². The Hall–Kier alpha value is -1.39. The van der Waals surface area contributed by atoms with Gasteiger partial charge in [0, 0.05) is 19.7 Å². The largest absolute Gasteiger partial charge is 0.391 e. The van der Waals surface area contributed by atoms with Gasteiger partial charge in [-0.2, -0.15) is 0 Å². The van der Waals surface area contributed by atoms with Crippen molar-refractivity contribution in [3.63, 3.8) is 0 Å². The Kier molecular flexibility index (Phi) is 4.33. The van der Waals surface area contributed by atoms with Crippen molar-refractivity contribution < 1.29 is 14.6 Å². The van der Waals surface area contributed by atoms with Crippen LogP contribution in [0.5, 0.6) is 0 Å². The lowest BCUT2D eigenvalue weighted by Gasteiger charge is -2.15. The van der Waals surface area contributed by atoms with E-state index in [0.29, 0.717) is 26.3 Å². The Bertz CT molecular complexity index is 402. The number of likely N-dealkylation sites (tertiary alicyclic amines) is 1. The smallest absolute Gasteiger partial charge is 0.225 e. The highest BCUT2D eigenvalue weighted by Crippen LogP contribution is 2.15. The number of carbonyl (C=O) groups is 1. The maximum atomic E-state index is 11.5. The highest BCUT2D eigenvalue weighted by molar-refractivity contribution is 5.79. The van der Waals surface area contributed by atoms with Gasteiger partial charge in [0.1, 0.15) is 0 Å². The maximum absolute atomic E-state index is 11.5. The summed E-state index contributed by atoms with van der Waals surface area (Å²) in [4.78, 5) is 13.2. The Balaban J connectivity index is 1.92. The van der Waals surface area contributed by atoms with E-state index in [-0.39, 0.29) is 12.3 Å². The lowest BCUT2D eigenvalue weighted by Crippen LogP contribution is -2.25. The molecule has 1 aromatic carbocycles. The van der Waals surface area contributed by atoms with Gasteiger partial charge in [-0.05, 0) is 18.1 Å². The van der Waals surface area contributed by atoms with Gasteiger partial charge in [-0.3, -0.25) is 4.79 Å². The zero-order chi connectivity index (χ0) is 13.0. The van der Waals surface area contributed by atoms with Crippen LogP contribution in [0.4, 0.5) is 0 Å². The Morgan fingerprint density at radius 1 is 1.33 bits per heavy atom. The average molecular weight is 249 g/mol. The fourth-order valence-electron chi connectivity index (χ4n) is 2.09. The van der Waals surface area contributed by atoms with E-state index >= 15 is 0 Å². The first-order valence-electron chi connectivity index (χ1n) is 6.30. The van der Waals surface area contributed by atoms with Crippen molar-refractivity contribution in [2.24, 2.45) is 0 Å². The molecule has 4 heteroatoms. The molecular weight excluding hydrogens is 230 g/mol. The van der Waals surface area contributed by atoms with Crippen LogP contribution in [0.3, 0.4) is 0 Å². The monoisotopic (exact) mass is 249 g/mol. The average Bonchev–Trinajstić information content (AvgIpc) is 2.67.